The number of thiazole rings is 1. The Bertz CT molecular complexity index is 866. The lowest BCUT2D eigenvalue weighted by molar-refractivity contribution is 0.0635. The van der Waals surface area contributed by atoms with E-state index in [9.17, 15) is 9.59 Å². The maximum atomic E-state index is 12.7. The second kappa shape index (κ2) is 9.34. The number of benzene rings is 1. The second-order valence-electron chi connectivity index (χ2n) is 8.78. The predicted molar refractivity (Wildman–Crippen MR) is 119 cm³/mol. The number of nitrogens with zero attached hydrogens (tertiary/aromatic N) is 2. The smallest absolute Gasteiger partial charge is 0.415 e. The first-order valence-corrected chi connectivity index (χ1v) is 10.5. The molecule has 1 aromatic heterocycles. The van der Waals surface area contributed by atoms with Crippen LogP contribution in [0.3, 0.4) is 0 Å². The molecular weight excluding hydrogens is 404 g/mol. The summed E-state index contributed by atoms with van der Waals surface area (Å²) in [5.41, 5.74) is 6.01. The van der Waals surface area contributed by atoms with Crippen molar-refractivity contribution < 1.29 is 19.1 Å². The van der Waals surface area contributed by atoms with E-state index < -0.39 is 23.3 Å². The molecule has 0 atom stereocenters. The Hall–Kier alpha value is -2.81. The van der Waals surface area contributed by atoms with Crippen molar-refractivity contribution in [2.24, 2.45) is 0 Å². The van der Waals surface area contributed by atoms with Gasteiger partial charge in [-0.25, -0.2) is 14.6 Å². The topological polar surface area (TPSA) is 107 Å². The van der Waals surface area contributed by atoms with Gasteiger partial charge in [0.2, 0.25) is 0 Å². The van der Waals surface area contributed by atoms with Crippen molar-refractivity contribution in [3.05, 3.63) is 35.3 Å². The molecule has 0 aliphatic carbocycles. The van der Waals surface area contributed by atoms with Crippen LogP contribution in [0.4, 0.5) is 20.4 Å². The van der Waals surface area contributed by atoms with Crippen LogP contribution in [0.15, 0.2) is 29.6 Å². The molecule has 0 saturated heterocycles. The molecular formula is C21H30N4O4S. The number of amides is 2. The zero-order valence-electron chi connectivity index (χ0n) is 18.3. The molecule has 9 heteroatoms. The lowest BCUT2D eigenvalue weighted by atomic mass is 10.1. The van der Waals surface area contributed by atoms with Gasteiger partial charge in [-0.05, 0) is 65.8 Å². The van der Waals surface area contributed by atoms with Gasteiger partial charge in [-0.2, -0.15) is 0 Å². The molecule has 2 amide bonds. The van der Waals surface area contributed by atoms with E-state index in [4.69, 9.17) is 15.2 Å². The number of anilines is 2. The highest BCUT2D eigenvalue weighted by atomic mass is 32.1. The summed E-state index contributed by atoms with van der Waals surface area (Å²) < 4.78 is 10.7. The molecule has 0 unspecified atom stereocenters. The Morgan fingerprint density at radius 3 is 2.33 bits per heavy atom. The van der Waals surface area contributed by atoms with Gasteiger partial charge in [0.15, 0.2) is 5.13 Å². The highest BCUT2D eigenvalue weighted by molar-refractivity contribution is 7.13. The SMILES string of the molecule is CC(C)(C)OC(=O)Nc1nc(CCN(C(=O)Oc2ccc(N)cc2)C(C)(C)C)cs1. The van der Waals surface area contributed by atoms with Gasteiger partial charge in [-0.15, -0.1) is 11.3 Å². The van der Waals surface area contributed by atoms with E-state index in [1.807, 2.05) is 26.2 Å². The van der Waals surface area contributed by atoms with Gasteiger partial charge in [0, 0.05) is 29.6 Å². The van der Waals surface area contributed by atoms with Gasteiger partial charge in [-0.1, -0.05) is 0 Å². The van der Waals surface area contributed by atoms with Gasteiger partial charge in [0.05, 0.1) is 5.69 Å². The largest absolute Gasteiger partial charge is 0.444 e. The van der Waals surface area contributed by atoms with E-state index >= 15 is 0 Å². The molecule has 0 radical (unpaired) electrons. The molecule has 0 bridgehead atoms. The lowest BCUT2D eigenvalue weighted by Gasteiger charge is -2.34. The van der Waals surface area contributed by atoms with Crippen molar-refractivity contribution in [1.29, 1.82) is 0 Å². The molecule has 1 heterocycles. The maximum absolute atomic E-state index is 12.7. The molecule has 8 nitrogen and oxygen atoms in total. The highest BCUT2D eigenvalue weighted by Gasteiger charge is 2.28. The van der Waals surface area contributed by atoms with Crippen LogP contribution in [0.5, 0.6) is 5.75 Å². The van der Waals surface area contributed by atoms with Gasteiger partial charge >= 0.3 is 12.2 Å². The molecule has 164 valence electrons. The number of carbonyl (C=O) groups excluding carboxylic acids is 2. The van der Waals surface area contributed by atoms with E-state index in [-0.39, 0.29) is 0 Å². The fourth-order valence-corrected chi connectivity index (χ4v) is 3.22. The summed E-state index contributed by atoms with van der Waals surface area (Å²) >= 11 is 1.31. The summed E-state index contributed by atoms with van der Waals surface area (Å²) in [6.07, 6.45) is -0.484. The van der Waals surface area contributed by atoms with Crippen molar-refractivity contribution in [2.75, 3.05) is 17.6 Å². The number of aromatic nitrogens is 1. The zero-order valence-corrected chi connectivity index (χ0v) is 19.1. The average molecular weight is 435 g/mol. The normalized spacial score (nSPS) is 11.7. The predicted octanol–water partition coefficient (Wildman–Crippen LogP) is 4.91. The van der Waals surface area contributed by atoms with Crippen LogP contribution in [-0.4, -0.2) is 39.8 Å². The molecule has 0 aliphatic heterocycles. The summed E-state index contributed by atoms with van der Waals surface area (Å²) in [7, 11) is 0. The van der Waals surface area contributed by atoms with E-state index in [1.165, 1.54) is 11.3 Å². The molecule has 1 aromatic carbocycles. The number of carbonyl (C=O) groups is 2. The number of hydrogen-bond acceptors (Lipinski definition) is 7. The molecule has 30 heavy (non-hydrogen) atoms. The summed E-state index contributed by atoms with van der Waals surface area (Å²) in [5.74, 6) is 0.431. The number of hydrogen-bond donors (Lipinski definition) is 2. The van der Waals surface area contributed by atoms with E-state index in [2.05, 4.69) is 10.3 Å². The van der Waals surface area contributed by atoms with Gasteiger partial charge < -0.3 is 20.1 Å². The third-order valence-corrected chi connectivity index (χ3v) is 4.67. The number of nitrogens with one attached hydrogen (secondary N) is 1. The van der Waals surface area contributed by atoms with Gasteiger partial charge in [-0.3, -0.25) is 5.32 Å². The number of nitrogens with two attached hydrogens (primary N) is 1. The van der Waals surface area contributed by atoms with Crippen molar-refractivity contribution in [2.45, 2.75) is 59.1 Å². The summed E-state index contributed by atoms with van der Waals surface area (Å²) in [4.78, 5) is 30.6. The first-order chi connectivity index (χ1) is 13.8. The molecule has 2 aromatic rings. The Kier molecular flexibility index (Phi) is 7.30. The summed E-state index contributed by atoms with van der Waals surface area (Å²) in [5, 5.41) is 4.92. The third kappa shape index (κ3) is 7.55. The Morgan fingerprint density at radius 1 is 1.13 bits per heavy atom. The van der Waals surface area contributed by atoms with Crippen molar-refractivity contribution in [3.8, 4) is 5.75 Å². The molecule has 2 rings (SSSR count). The van der Waals surface area contributed by atoms with Crippen molar-refractivity contribution >= 4 is 34.3 Å². The molecule has 0 saturated carbocycles. The minimum absolute atomic E-state index is 0.410. The molecule has 0 aliphatic rings. The van der Waals surface area contributed by atoms with Crippen LogP contribution in [0.2, 0.25) is 0 Å². The Labute approximate surface area is 181 Å². The number of rotatable bonds is 5. The van der Waals surface area contributed by atoms with Crippen LogP contribution in [-0.2, 0) is 11.2 Å². The van der Waals surface area contributed by atoms with Gasteiger partial charge in [0.1, 0.15) is 11.4 Å². The fraction of sp³-hybridized carbons (Fsp3) is 0.476. The average Bonchev–Trinajstić information content (AvgIpc) is 3.01. The Balaban J connectivity index is 1.98. The van der Waals surface area contributed by atoms with Crippen LogP contribution in [0.25, 0.3) is 0 Å². The Morgan fingerprint density at radius 2 is 1.77 bits per heavy atom. The van der Waals surface area contributed by atoms with E-state index in [0.29, 0.717) is 29.5 Å². The van der Waals surface area contributed by atoms with Gasteiger partial charge in [0.25, 0.3) is 0 Å². The molecule has 3 N–H and O–H groups in total. The number of ether oxygens (including phenoxy) is 2. The lowest BCUT2D eigenvalue weighted by Crippen LogP contribution is -2.48. The molecule has 0 fully saturated rings. The second-order valence-corrected chi connectivity index (χ2v) is 9.64. The maximum Gasteiger partial charge on any atom is 0.415 e. The summed E-state index contributed by atoms with van der Waals surface area (Å²) in [6.45, 7) is 11.6. The number of nitrogen functional groups attached to an aromatic ring is 1. The van der Waals surface area contributed by atoms with E-state index in [0.717, 1.165) is 5.69 Å². The fourth-order valence-electron chi connectivity index (χ4n) is 2.49. The van der Waals surface area contributed by atoms with Crippen molar-refractivity contribution in [1.82, 2.24) is 9.88 Å². The van der Waals surface area contributed by atoms with Crippen LogP contribution in [0, 0.1) is 0 Å². The highest BCUT2D eigenvalue weighted by Crippen LogP contribution is 2.21. The van der Waals surface area contributed by atoms with Crippen LogP contribution in [0.1, 0.15) is 47.2 Å². The standard InChI is InChI=1S/C21H30N4O4S/c1-20(2,3)25(19(27)28-16-9-7-14(22)8-10-16)12-11-15-13-30-17(23-15)24-18(26)29-21(4,5)6/h7-10,13H,11-12,22H2,1-6H3,(H,23,24,26). The summed E-state index contributed by atoms with van der Waals surface area (Å²) in [6, 6.07) is 6.67. The van der Waals surface area contributed by atoms with Crippen LogP contribution < -0.4 is 15.8 Å². The third-order valence-electron chi connectivity index (χ3n) is 3.87. The first kappa shape index (κ1) is 23.5. The minimum atomic E-state index is -0.581. The minimum Gasteiger partial charge on any atom is -0.444 e. The quantitative estimate of drug-likeness (QED) is 0.647. The zero-order chi connectivity index (χ0) is 22.5. The first-order valence-electron chi connectivity index (χ1n) is 9.63. The molecule has 0 spiro atoms. The van der Waals surface area contributed by atoms with Crippen molar-refractivity contribution in [3.63, 3.8) is 0 Å². The van der Waals surface area contributed by atoms with Crippen LogP contribution >= 0.6 is 11.3 Å². The van der Waals surface area contributed by atoms with E-state index in [1.54, 1.807) is 49.9 Å². The monoisotopic (exact) mass is 434 g/mol.